The number of hydrogen-bond acceptors (Lipinski definition) is 3. The molecule has 17 heavy (non-hydrogen) atoms. The Morgan fingerprint density at radius 3 is 2.65 bits per heavy atom. The highest BCUT2D eigenvalue weighted by molar-refractivity contribution is 5.91. The topological polar surface area (TPSA) is 75.4 Å². The first-order valence-corrected chi connectivity index (χ1v) is 6.24. The van der Waals surface area contributed by atoms with Crippen molar-refractivity contribution in [3.8, 4) is 0 Å². The lowest BCUT2D eigenvalue weighted by Gasteiger charge is -2.44. The van der Waals surface area contributed by atoms with Gasteiger partial charge in [-0.2, -0.15) is 0 Å². The van der Waals surface area contributed by atoms with Gasteiger partial charge < -0.3 is 16.0 Å². The molecule has 96 valence electrons. The fraction of sp³-hybridized carbons (Fsp3) is 0.833. The number of likely N-dealkylation sites (N-methyl/N-ethyl adjacent to an activating group) is 1. The first kappa shape index (κ1) is 12.4. The predicted molar refractivity (Wildman–Crippen MR) is 64.1 cm³/mol. The van der Waals surface area contributed by atoms with Crippen LogP contribution in [0.5, 0.6) is 0 Å². The van der Waals surface area contributed by atoms with Gasteiger partial charge in [0.05, 0.1) is 5.41 Å². The number of nitrogens with two attached hydrogens (primary N) is 1. The molecule has 0 aromatic carbocycles. The lowest BCUT2D eigenvalue weighted by molar-refractivity contribution is -0.141. The lowest BCUT2D eigenvalue weighted by atomic mass is 9.62. The standard InChI is InChI=1S/C12H21N3O2/c1-8-5-12(6-8,7-13)11(17)14-9-3-4-15(2)10(9)16/h8-9H,3-7,13H2,1-2H3,(H,14,17). The van der Waals surface area contributed by atoms with Gasteiger partial charge in [-0.15, -0.1) is 0 Å². The Hall–Kier alpha value is -1.10. The summed E-state index contributed by atoms with van der Waals surface area (Å²) in [5.74, 6) is 0.538. The van der Waals surface area contributed by atoms with E-state index in [1.165, 1.54) is 0 Å². The third-order valence-electron chi connectivity index (χ3n) is 4.08. The average molecular weight is 239 g/mol. The van der Waals surface area contributed by atoms with Gasteiger partial charge in [-0.3, -0.25) is 9.59 Å². The molecule has 1 saturated heterocycles. The van der Waals surface area contributed by atoms with Crippen LogP contribution in [0.25, 0.3) is 0 Å². The summed E-state index contributed by atoms with van der Waals surface area (Å²) >= 11 is 0. The Bertz CT molecular complexity index is 337. The second-order valence-corrected chi connectivity index (χ2v) is 5.57. The molecule has 0 aromatic heterocycles. The summed E-state index contributed by atoms with van der Waals surface area (Å²) in [6.45, 7) is 3.21. The summed E-state index contributed by atoms with van der Waals surface area (Å²) < 4.78 is 0. The Balaban J connectivity index is 1.95. The van der Waals surface area contributed by atoms with Gasteiger partial charge in [-0.25, -0.2) is 0 Å². The van der Waals surface area contributed by atoms with E-state index in [9.17, 15) is 9.59 Å². The number of amides is 2. The van der Waals surface area contributed by atoms with Crippen molar-refractivity contribution in [2.45, 2.75) is 32.2 Å². The van der Waals surface area contributed by atoms with E-state index in [2.05, 4.69) is 12.2 Å². The van der Waals surface area contributed by atoms with E-state index in [1.807, 2.05) is 0 Å². The molecule has 0 aromatic rings. The van der Waals surface area contributed by atoms with Crippen molar-refractivity contribution in [2.75, 3.05) is 20.1 Å². The number of rotatable bonds is 3. The van der Waals surface area contributed by atoms with Crippen molar-refractivity contribution >= 4 is 11.8 Å². The largest absolute Gasteiger partial charge is 0.344 e. The van der Waals surface area contributed by atoms with Crippen LogP contribution >= 0.6 is 0 Å². The molecule has 1 saturated carbocycles. The van der Waals surface area contributed by atoms with Gasteiger partial charge >= 0.3 is 0 Å². The van der Waals surface area contributed by atoms with E-state index >= 15 is 0 Å². The first-order valence-electron chi connectivity index (χ1n) is 6.24. The van der Waals surface area contributed by atoms with E-state index < -0.39 is 5.41 Å². The molecule has 5 heteroatoms. The van der Waals surface area contributed by atoms with E-state index in [-0.39, 0.29) is 17.9 Å². The molecule has 2 rings (SSSR count). The molecule has 1 aliphatic heterocycles. The van der Waals surface area contributed by atoms with Crippen LogP contribution in [0.15, 0.2) is 0 Å². The van der Waals surface area contributed by atoms with Crippen LogP contribution in [-0.4, -0.2) is 42.9 Å². The Morgan fingerprint density at radius 2 is 2.24 bits per heavy atom. The maximum atomic E-state index is 12.2. The van der Waals surface area contributed by atoms with Gasteiger partial charge in [0.15, 0.2) is 0 Å². The van der Waals surface area contributed by atoms with Crippen molar-refractivity contribution in [3.05, 3.63) is 0 Å². The molecule has 5 nitrogen and oxygen atoms in total. The fourth-order valence-corrected chi connectivity index (χ4v) is 2.99. The Labute approximate surface area is 102 Å². The van der Waals surface area contributed by atoms with Gasteiger partial charge in [0.1, 0.15) is 6.04 Å². The number of carbonyl (C=O) groups is 2. The maximum Gasteiger partial charge on any atom is 0.244 e. The summed E-state index contributed by atoms with van der Waals surface area (Å²) in [5, 5.41) is 2.86. The second-order valence-electron chi connectivity index (χ2n) is 5.57. The lowest BCUT2D eigenvalue weighted by Crippen LogP contribution is -2.56. The smallest absolute Gasteiger partial charge is 0.244 e. The zero-order valence-corrected chi connectivity index (χ0v) is 10.5. The van der Waals surface area contributed by atoms with Crippen molar-refractivity contribution in [3.63, 3.8) is 0 Å². The van der Waals surface area contributed by atoms with Gasteiger partial charge in [-0.05, 0) is 25.2 Å². The molecule has 3 N–H and O–H groups in total. The fourth-order valence-electron chi connectivity index (χ4n) is 2.99. The van der Waals surface area contributed by atoms with Crippen molar-refractivity contribution < 1.29 is 9.59 Å². The van der Waals surface area contributed by atoms with Crippen LogP contribution < -0.4 is 11.1 Å². The third-order valence-corrected chi connectivity index (χ3v) is 4.08. The van der Waals surface area contributed by atoms with Crippen molar-refractivity contribution in [2.24, 2.45) is 17.1 Å². The summed E-state index contributed by atoms with van der Waals surface area (Å²) in [6, 6.07) is -0.341. The summed E-state index contributed by atoms with van der Waals surface area (Å²) in [4.78, 5) is 25.5. The quantitative estimate of drug-likeness (QED) is 0.710. The molecule has 1 aliphatic carbocycles. The molecule has 2 aliphatic rings. The number of likely N-dealkylation sites (tertiary alicyclic amines) is 1. The van der Waals surface area contributed by atoms with Crippen LogP contribution in [0.3, 0.4) is 0 Å². The van der Waals surface area contributed by atoms with Crippen molar-refractivity contribution in [1.29, 1.82) is 0 Å². The molecule has 1 unspecified atom stereocenters. The molecule has 0 bridgehead atoms. The predicted octanol–water partition coefficient (Wildman–Crippen LogP) is -0.292. The zero-order chi connectivity index (χ0) is 12.6. The number of nitrogens with one attached hydrogen (secondary N) is 1. The maximum absolute atomic E-state index is 12.2. The van der Waals surface area contributed by atoms with Crippen molar-refractivity contribution in [1.82, 2.24) is 10.2 Å². The summed E-state index contributed by atoms with van der Waals surface area (Å²) in [7, 11) is 1.76. The van der Waals surface area contributed by atoms with E-state index in [1.54, 1.807) is 11.9 Å². The summed E-state index contributed by atoms with van der Waals surface area (Å²) in [5.41, 5.74) is 5.30. The minimum absolute atomic E-state index is 0.0119. The van der Waals surface area contributed by atoms with E-state index in [0.717, 1.165) is 19.4 Å². The Kier molecular flexibility index (Phi) is 3.12. The van der Waals surface area contributed by atoms with Crippen LogP contribution in [-0.2, 0) is 9.59 Å². The van der Waals surface area contributed by atoms with Gasteiger partial charge in [0.2, 0.25) is 11.8 Å². The van der Waals surface area contributed by atoms with E-state index in [0.29, 0.717) is 18.9 Å². The molecular weight excluding hydrogens is 218 g/mol. The Morgan fingerprint density at radius 1 is 1.59 bits per heavy atom. The highest BCUT2D eigenvalue weighted by atomic mass is 16.2. The minimum Gasteiger partial charge on any atom is -0.344 e. The zero-order valence-electron chi connectivity index (χ0n) is 10.5. The normalized spacial score (nSPS) is 36.9. The molecule has 0 radical (unpaired) electrons. The number of nitrogens with zero attached hydrogens (tertiary/aromatic N) is 1. The van der Waals surface area contributed by atoms with Gasteiger partial charge in [0.25, 0.3) is 0 Å². The summed E-state index contributed by atoms with van der Waals surface area (Å²) in [6.07, 6.45) is 2.38. The van der Waals surface area contributed by atoms with Crippen LogP contribution in [0.2, 0.25) is 0 Å². The second kappa shape index (κ2) is 4.29. The SMILES string of the molecule is CC1CC(CN)(C(=O)NC2CCN(C)C2=O)C1. The molecule has 1 atom stereocenters. The third kappa shape index (κ3) is 2.04. The van der Waals surface area contributed by atoms with Gasteiger partial charge in [-0.1, -0.05) is 6.92 Å². The molecular formula is C12H21N3O2. The molecule has 2 fully saturated rings. The average Bonchev–Trinajstić information content (AvgIpc) is 2.56. The minimum atomic E-state index is -0.416. The van der Waals surface area contributed by atoms with E-state index in [4.69, 9.17) is 5.73 Å². The van der Waals surface area contributed by atoms with Crippen LogP contribution in [0, 0.1) is 11.3 Å². The highest BCUT2D eigenvalue weighted by Gasteiger charge is 2.48. The molecule has 1 heterocycles. The highest BCUT2D eigenvalue weighted by Crippen LogP contribution is 2.44. The monoisotopic (exact) mass is 239 g/mol. The van der Waals surface area contributed by atoms with Crippen LogP contribution in [0.1, 0.15) is 26.2 Å². The number of hydrogen-bond donors (Lipinski definition) is 2. The van der Waals surface area contributed by atoms with Gasteiger partial charge in [0, 0.05) is 20.1 Å². The van der Waals surface area contributed by atoms with Crippen LogP contribution in [0.4, 0.5) is 0 Å². The number of carbonyl (C=O) groups excluding carboxylic acids is 2. The molecule has 0 spiro atoms. The first-order chi connectivity index (χ1) is 7.98. The molecule has 2 amide bonds.